The van der Waals surface area contributed by atoms with Crippen LogP contribution in [0.15, 0.2) is 60.7 Å². The van der Waals surface area contributed by atoms with Gasteiger partial charge in [0.15, 0.2) is 0 Å². The summed E-state index contributed by atoms with van der Waals surface area (Å²) in [4.78, 5) is 12.7. The summed E-state index contributed by atoms with van der Waals surface area (Å²) in [6.07, 6.45) is 2.12. The Morgan fingerprint density at radius 1 is 0.880 bits per heavy atom. The van der Waals surface area contributed by atoms with Gasteiger partial charge in [0.05, 0.1) is 5.92 Å². The molecule has 2 fully saturated rings. The highest BCUT2D eigenvalue weighted by molar-refractivity contribution is 5.85. The summed E-state index contributed by atoms with van der Waals surface area (Å²) in [5.74, 6) is 1.15. The van der Waals surface area contributed by atoms with E-state index in [1.54, 1.807) is 0 Å². The van der Waals surface area contributed by atoms with Gasteiger partial charge in [-0.3, -0.25) is 4.79 Å². The standard InChI is InChI=1S/C21H24N2O.ClH/c24-21(20-14-22-13-19(20)16-9-5-2-6-10-16)23-18-11-17(12-18)15-7-3-1-4-8-15;/h1-10,17-20,22H,11-14H2,(H,23,24);1H/t17?,18?,19-,20+;/m0./s1. The van der Waals surface area contributed by atoms with Gasteiger partial charge in [-0.25, -0.2) is 0 Å². The second-order valence-electron chi connectivity index (χ2n) is 7.07. The van der Waals surface area contributed by atoms with Crippen molar-refractivity contribution in [1.29, 1.82) is 0 Å². The molecule has 0 aromatic heterocycles. The molecular weight excluding hydrogens is 332 g/mol. The highest BCUT2D eigenvalue weighted by Crippen LogP contribution is 2.37. The minimum Gasteiger partial charge on any atom is -0.353 e. The zero-order valence-corrected chi connectivity index (χ0v) is 15.0. The van der Waals surface area contributed by atoms with E-state index in [1.807, 2.05) is 6.07 Å². The van der Waals surface area contributed by atoms with Crippen molar-refractivity contribution in [1.82, 2.24) is 10.6 Å². The Labute approximate surface area is 155 Å². The summed E-state index contributed by atoms with van der Waals surface area (Å²) in [6.45, 7) is 1.67. The van der Waals surface area contributed by atoms with E-state index in [9.17, 15) is 4.79 Å². The quantitative estimate of drug-likeness (QED) is 0.880. The number of hydrogen-bond acceptors (Lipinski definition) is 2. The molecule has 2 aromatic carbocycles. The SMILES string of the molecule is Cl.O=C(NC1CC(c2ccccc2)C1)[C@@H]1CNC[C@H]1c1ccccc1. The van der Waals surface area contributed by atoms with Crippen LogP contribution in [0.2, 0.25) is 0 Å². The Bertz CT molecular complexity index is 686. The number of hydrogen-bond donors (Lipinski definition) is 2. The van der Waals surface area contributed by atoms with Crippen molar-refractivity contribution in [3.63, 3.8) is 0 Å². The van der Waals surface area contributed by atoms with Crippen LogP contribution in [0.25, 0.3) is 0 Å². The van der Waals surface area contributed by atoms with Gasteiger partial charge < -0.3 is 10.6 Å². The molecule has 0 spiro atoms. The van der Waals surface area contributed by atoms with E-state index in [0.29, 0.717) is 12.0 Å². The van der Waals surface area contributed by atoms with Gasteiger partial charge in [0.2, 0.25) is 5.91 Å². The topological polar surface area (TPSA) is 41.1 Å². The fourth-order valence-electron chi connectivity index (χ4n) is 4.05. The number of benzene rings is 2. The zero-order chi connectivity index (χ0) is 16.4. The Morgan fingerprint density at radius 3 is 2.12 bits per heavy atom. The lowest BCUT2D eigenvalue weighted by molar-refractivity contribution is -0.126. The summed E-state index contributed by atoms with van der Waals surface area (Å²) < 4.78 is 0. The van der Waals surface area contributed by atoms with Crippen LogP contribution in [0.1, 0.15) is 35.8 Å². The maximum Gasteiger partial charge on any atom is 0.225 e. The second-order valence-corrected chi connectivity index (χ2v) is 7.07. The van der Waals surface area contributed by atoms with Crippen molar-refractivity contribution in [2.24, 2.45) is 5.92 Å². The van der Waals surface area contributed by atoms with Crippen molar-refractivity contribution in [3.05, 3.63) is 71.8 Å². The number of amides is 1. The van der Waals surface area contributed by atoms with E-state index in [0.717, 1.165) is 25.9 Å². The Balaban J connectivity index is 0.00000182. The van der Waals surface area contributed by atoms with Crippen LogP contribution in [0, 0.1) is 5.92 Å². The molecule has 4 rings (SSSR count). The van der Waals surface area contributed by atoms with Gasteiger partial charge in [-0.05, 0) is 29.9 Å². The molecule has 1 saturated carbocycles. The average Bonchev–Trinajstić information content (AvgIpc) is 3.09. The van der Waals surface area contributed by atoms with E-state index in [4.69, 9.17) is 0 Å². The van der Waals surface area contributed by atoms with Gasteiger partial charge in [-0.15, -0.1) is 12.4 Å². The summed E-state index contributed by atoms with van der Waals surface area (Å²) in [6, 6.07) is 21.4. The minimum atomic E-state index is 0. The molecule has 2 aliphatic rings. The van der Waals surface area contributed by atoms with E-state index < -0.39 is 0 Å². The number of carbonyl (C=O) groups excluding carboxylic acids is 1. The van der Waals surface area contributed by atoms with E-state index in [-0.39, 0.29) is 30.2 Å². The third-order valence-corrected chi connectivity index (χ3v) is 5.53. The maximum atomic E-state index is 12.7. The largest absolute Gasteiger partial charge is 0.353 e. The first kappa shape index (κ1) is 18.0. The highest BCUT2D eigenvalue weighted by Gasteiger charge is 2.37. The number of carbonyl (C=O) groups is 1. The van der Waals surface area contributed by atoms with Crippen LogP contribution < -0.4 is 10.6 Å². The van der Waals surface area contributed by atoms with Crippen LogP contribution in [0.4, 0.5) is 0 Å². The molecular formula is C21H25ClN2O. The first-order valence-corrected chi connectivity index (χ1v) is 8.92. The number of halogens is 1. The Hall–Kier alpha value is -1.84. The van der Waals surface area contributed by atoms with Crippen LogP contribution in [-0.2, 0) is 4.79 Å². The number of nitrogens with one attached hydrogen (secondary N) is 2. The molecule has 1 saturated heterocycles. The molecule has 1 amide bonds. The Morgan fingerprint density at radius 2 is 1.48 bits per heavy atom. The summed E-state index contributed by atoms with van der Waals surface area (Å²) >= 11 is 0. The summed E-state index contributed by atoms with van der Waals surface area (Å²) in [7, 11) is 0. The smallest absolute Gasteiger partial charge is 0.225 e. The molecule has 1 heterocycles. The van der Waals surface area contributed by atoms with Crippen molar-refractivity contribution >= 4 is 18.3 Å². The lowest BCUT2D eigenvalue weighted by Crippen LogP contribution is -2.46. The molecule has 1 aliphatic heterocycles. The predicted octanol–water partition coefficient (Wildman–Crippen LogP) is 3.47. The molecule has 2 aromatic rings. The minimum absolute atomic E-state index is 0. The fourth-order valence-corrected chi connectivity index (χ4v) is 4.05. The molecule has 1 aliphatic carbocycles. The van der Waals surface area contributed by atoms with Gasteiger partial charge in [0, 0.05) is 25.0 Å². The number of rotatable bonds is 4. The molecule has 2 atom stereocenters. The fraction of sp³-hybridized carbons (Fsp3) is 0.381. The highest BCUT2D eigenvalue weighted by atomic mass is 35.5. The molecule has 0 bridgehead atoms. The molecule has 25 heavy (non-hydrogen) atoms. The van der Waals surface area contributed by atoms with Crippen LogP contribution >= 0.6 is 12.4 Å². The third kappa shape index (κ3) is 3.88. The summed E-state index contributed by atoms with van der Waals surface area (Å²) in [5.41, 5.74) is 2.66. The lowest BCUT2D eigenvalue weighted by Gasteiger charge is -2.37. The molecule has 4 heteroatoms. The van der Waals surface area contributed by atoms with E-state index in [2.05, 4.69) is 65.2 Å². The van der Waals surface area contributed by atoms with E-state index in [1.165, 1.54) is 11.1 Å². The van der Waals surface area contributed by atoms with Crippen molar-refractivity contribution in [2.45, 2.75) is 30.7 Å². The summed E-state index contributed by atoms with van der Waals surface area (Å²) in [5, 5.41) is 6.66. The second kappa shape index (κ2) is 8.03. The van der Waals surface area contributed by atoms with Gasteiger partial charge >= 0.3 is 0 Å². The third-order valence-electron chi connectivity index (χ3n) is 5.53. The van der Waals surface area contributed by atoms with Gasteiger partial charge in [0.1, 0.15) is 0 Å². The molecule has 0 radical (unpaired) electrons. The predicted molar refractivity (Wildman–Crippen MR) is 103 cm³/mol. The molecule has 132 valence electrons. The van der Waals surface area contributed by atoms with Crippen molar-refractivity contribution in [2.75, 3.05) is 13.1 Å². The molecule has 0 unspecified atom stereocenters. The average molecular weight is 357 g/mol. The van der Waals surface area contributed by atoms with Gasteiger partial charge in [-0.1, -0.05) is 60.7 Å². The molecule has 3 nitrogen and oxygen atoms in total. The van der Waals surface area contributed by atoms with Crippen molar-refractivity contribution in [3.8, 4) is 0 Å². The van der Waals surface area contributed by atoms with Gasteiger partial charge in [-0.2, -0.15) is 0 Å². The van der Waals surface area contributed by atoms with Gasteiger partial charge in [0.25, 0.3) is 0 Å². The Kier molecular flexibility index (Phi) is 5.77. The van der Waals surface area contributed by atoms with Crippen LogP contribution in [0.3, 0.4) is 0 Å². The normalized spacial score (nSPS) is 27.8. The van der Waals surface area contributed by atoms with E-state index >= 15 is 0 Å². The monoisotopic (exact) mass is 356 g/mol. The zero-order valence-electron chi connectivity index (χ0n) is 14.2. The first-order chi connectivity index (χ1) is 11.8. The maximum absolute atomic E-state index is 12.7. The van der Waals surface area contributed by atoms with Crippen molar-refractivity contribution < 1.29 is 4.79 Å². The first-order valence-electron chi connectivity index (χ1n) is 8.92. The van der Waals surface area contributed by atoms with Crippen LogP contribution in [0.5, 0.6) is 0 Å². The molecule has 2 N–H and O–H groups in total. The van der Waals surface area contributed by atoms with Crippen LogP contribution in [-0.4, -0.2) is 25.0 Å². The lowest BCUT2D eigenvalue weighted by atomic mass is 9.75.